The normalized spacial score (nSPS) is 12.0. The van der Waals surface area contributed by atoms with E-state index in [1.54, 1.807) is 6.07 Å². The number of thiophene rings is 1. The van der Waals surface area contributed by atoms with Crippen molar-refractivity contribution in [3.05, 3.63) is 14.7 Å². The van der Waals surface area contributed by atoms with Crippen LogP contribution in [0.1, 0.15) is 0 Å². The van der Waals surface area contributed by atoms with Gasteiger partial charge in [0.1, 0.15) is 4.34 Å². The van der Waals surface area contributed by atoms with Crippen molar-refractivity contribution in [3.8, 4) is 11.4 Å². The summed E-state index contributed by atoms with van der Waals surface area (Å²) >= 11 is 12.9. The van der Waals surface area contributed by atoms with Crippen molar-refractivity contribution in [1.29, 1.82) is 0 Å². The van der Waals surface area contributed by atoms with Crippen molar-refractivity contribution in [2.45, 2.75) is 5.16 Å². The monoisotopic (exact) mass is 331 g/mol. The summed E-state index contributed by atoms with van der Waals surface area (Å²) in [6.07, 6.45) is 0. The molecule has 0 atom stereocenters. The van der Waals surface area contributed by atoms with Gasteiger partial charge in [-0.15, -0.1) is 21.5 Å². The van der Waals surface area contributed by atoms with Crippen LogP contribution < -0.4 is 0 Å². The molecule has 0 radical (unpaired) electrons. The lowest BCUT2D eigenvalue weighted by Gasteiger charge is -1.99. The lowest BCUT2D eigenvalue weighted by molar-refractivity contribution is 0.593. The molecule has 0 bridgehead atoms. The van der Waals surface area contributed by atoms with Crippen molar-refractivity contribution in [2.75, 3.05) is 0 Å². The van der Waals surface area contributed by atoms with Crippen LogP contribution in [-0.4, -0.2) is 23.2 Å². The summed E-state index contributed by atoms with van der Waals surface area (Å²) in [5.41, 5.74) is 0.517. The van der Waals surface area contributed by atoms with E-state index in [0.717, 1.165) is 11.3 Å². The fourth-order valence-electron chi connectivity index (χ4n) is 1.25. The summed E-state index contributed by atoms with van der Waals surface area (Å²) in [7, 11) is 2.74. The second-order valence-corrected chi connectivity index (χ2v) is 7.79. The number of halogens is 3. The predicted octanol–water partition coefficient (Wildman–Crippen LogP) is 2.78. The summed E-state index contributed by atoms with van der Waals surface area (Å²) < 4.78 is 24.5. The zero-order valence-corrected chi connectivity index (χ0v) is 12.1. The van der Waals surface area contributed by atoms with Crippen molar-refractivity contribution in [3.63, 3.8) is 0 Å². The number of rotatable bonds is 2. The van der Waals surface area contributed by atoms with E-state index in [0.29, 0.717) is 14.2 Å². The van der Waals surface area contributed by atoms with Crippen LogP contribution >= 0.6 is 45.2 Å². The molecular weight excluding hydrogens is 329 g/mol. The standard InChI is InChI=1S/C7H4Cl3N3O2S2/c1-13-6(3-2-4(8)16-5(3)9)11-12-7(13)17(10,14)15/h2H,1H3. The van der Waals surface area contributed by atoms with Gasteiger partial charge in [0, 0.05) is 17.7 Å². The van der Waals surface area contributed by atoms with Crippen molar-refractivity contribution < 1.29 is 8.42 Å². The average molecular weight is 333 g/mol. The summed E-state index contributed by atoms with van der Waals surface area (Å²) in [6.45, 7) is 0. The van der Waals surface area contributed by atoms with Gasteiger partial charge in [-0.05, 0) is 6.07 Å². The van der Waals surface area contributed by atoms with E-state index in [4.69, 9.17) is 33.9 Å². The van der Waals surface area contributed by atoms with Gasteiger partial charge in [0.15, 0.2) is 5.82 Å². The molecule has 10 heteroatoms. The van der Waals surface area contributed by atoms with Crippen LogP contribution in [0.2, 0.25) is 8.67 Å². The summed E-state index contributed by atoms with van der Waals surface area (Å²) in [5.74, 6) is 0.289. The molecule has 5 nitrogen and oxygen atoms in total. The molecule has 2 heterocycles. The molecule has 0 saturated carbocycles. The Balaban J connectivity index is 2.63. The molecule has 0 N–H and O–H groups in total. The van der Waals surface area contributed by atoms with Crippen LogP contribution in [0.4, 0.5) is 0 Å². The van der Waals surface area contributed by atoms with Crippen LogP contribution in [0.5, 0.6) is 0 Å². The first-order valence-electron chi connectivity index (χ1n) is 4.10. The molecule has 0 amide bonds. The predicted molar refractivity (Wildman–Crippen MR) is 67.4 cm³/mol. The van der Waals surface area contributed by atoms with E-state index in [1.807, 2.05) is 0 Å². The largest absolute Gasteiger partial charge is 0.300 e. The first-order chi connectivity index (χ1) is 7.80. The molecule has 2 aromatic rings. The van der Waals surface area contributed by atoms with E-state index in [2.05, 4.69) is 10.2 Å². The molecule has 2 aromatic heterocycles. The van der Waals surface area contributed by atoms with Crippen LogP contribution in [-0.2, 0) is 16.1 Å². The molecule has 0 aliphatic carbocycles. The Morgan fingerprint density at radius 1 is 1.35 bits per heavy atom. The lowest BCUT2D eigenvalue weighted by Crippen LogP contribution is -2.02. The van der Waals surface area contributed by atoms with Gasteiger partial charge < -0.3 is 0 Å². The second kappa shape index (κ2) is 4.40. The number of aromatic nitrogens is 3. The van der Waals surface area contributed by atoms with Gasteiger partial charge in [-0.1, -0.05) is 23.2 Å². The van der Waals surface area contributed by atoms with E-state index < -0.39 is 9.05 Å². The van der Waals surface area contributed by atoms with E-state index in [1.165, 1.54) is 11.6 Å². The Kier molecular flexibility index (Phi) is 3.39. The average Bonchev–Trinajstić information content (AvgIpc) is 2.68. The summed E-state index contributed by atoms with van der Waals surface area (Å²) in [4.78, 5) is 0. The van der Waals surface area contributed by atoms with Gasteiger partial charge >= 0.3 is 0 Å². The molecule has 0 fully saturated rings. The van der Waals surface area contributed by atoms with Crippen LogP contribution in [0.25, 0.3) is 11.4 Å². The molecule has 0 aliphatic rings. The molecule has 92 valence electrons. The number of nitrogens with zero attached hydrogens (tertiary/aromatic N) is 3. The molecular formula is C7H4Cl3N3O2S2. The van der Waals surface area contributed by atoms with Gasteiger partial charge in [-0.25, -0.2) is 8.42 Å². The van der Waals surface area contributed by atoms with Gasteiger partial charge in [-0.3, -0.25) is 4.57 Å². The van der Waals surface area contributed by atoms with Gasteiger partial charge in [0.05, 0.1) is 9.90 Å². The smallest absolute Gasteiger partial charge is 0.296 e. The minimum absolute atomic E-state index is 0.289. The maximum absolute atomic E-state index is 11.2. The van der Waals surface area contributed by atoms with Crippen LogP contribution in [0.3, 0.4) is 0 Å². The topological polar surface area (TPSA) is 64.8 Å². The van der Waals surface area contributed by atoms with Gasteiger partial charge in [0.2, 0.25) is 0 Å². The Labute approximate surface area is 115 Å². The number of hydrogen-bond donors (Lipinski definition) is 0. The third-order valence-corrected chi connectivity index (χ3v) is 4.64. The molecule has 2 rings (SSSR count). The highest BCUT2D eigenvalue weighted by Crippen LogP contribution is 2.37. The fourth-order valence-corrected chi connectivity index (χ4v) is 3.67. The first kappa shape index (κ1) is 13.1. The maximum Gasteiger partial charge on any atom is 0.296 e. The SMILES string of the molecule is Cn1c(-c2cc(Cl)sc2Cl)nnc1S(=O)(=O)Cl. The summed E-state index contributed by atoms with van der Waals surface area (Å²) in [6, 6.07) is 1.59. The molecule has 0 saturated heterocycles. The highest BCUT2D eigenvalue weighted by molar-refractivity contribution is 8.13. The van der Waals surface area contributed by atoms with Crippen LogP contribution in [0, 0.1) is 0 Å². The molecule has 0 unspecified atom stereocenters. The second-order valence-electron chi connectivity index (χ2n) is 3.04. The maximum atomic E-state index is 11.2. The van der Waals surface area contributed by atoms with E-state index in [-0.39, 0.29) is 11.0 Å². The minimum atomic E-state index is -3.94. The lowest BCUT2D eigenvalue weighted by atomic mass is 10.3. The van der Waals surface area contributed by atoms with Crippen molar-refractivity contribution in [1.82, 2.24) is 14.8 Å². The van der Waals surface area contributed by atoms with Gasteiger partial charge in [-0.2, -0.15) is 0 Å². The van der Waals surface area contributed by atoms with Crippen molar-refractivity contribution >= 4 is 54.3 Å². The number of hydrogen-bond acceptors (Lipinski definition) is 5. The minimum Gasteiger partial charge on any atom is -0.300 e. The Morgan fingerprint density at radius 3 is 2.41 bits per heavy atom. The zero-order chi connectivity index (χ0) is 12.8. The molecule has 17 heavy (non-hydrogen) atoms. The highest BCUT2D eigenvalue weighted by atomic mass is 35.7. The summed E-state index contributed by atoms with van der Waals surface area (Å²) in [5, 5.41) is 6.91. The third kappa shape index (κ3) is 2.43. The van der Waals surface area contributed by atoms with Crippen LogP contribution in [0.15, 0.2) is 11.2 Å². The first-order valence-corrected chi connectivity index (χ1v) is 7.98. The van der Waals surface area contributed by atoms with E-state index in [9.17, 15) is 8.42 Å². The Morgan fingerprint density at radius 2 is 2.00 bits per heavy atom. The fraction of sp³-hybridized carbons (Fsp3) is 0.143. The molecule has 0 spiro atoms. The quantitative estimate of drug-likeness (QED) is 0.793. The molecule has 0 aromatic carbocycles. The zero-order valence-electron chi connectivity index (χ0n) is 8.19. The Bertz CT molecular complexity index is 677. The Hall–Kier alpha value is -0.340. The van der Waals surface area contributed by atoms with Crippen molar-refractivity contribution in [2.24, 2.45) is 7.05 Å². The third-order valence-electron chi connectivity index (χ3n) is 1.95. The van der Waals surface area contributed by atoms with Gasteiger partial charge in [0.25, 0.3) is 14.2 Å². The van der Waals surface area contributed by atoms with E-state index >= 15 is 0 Å². The highest BCUT2D eigenvalue weighted by Gasteiger charge is 2.23. The molecule has 0 aliphatic heterocycles.